The minimum atomic E-state index is 1.18. The van der Waals surface area contributed by atoms with E-state index in [9.17, 15) is 0 Å². The van der Waals surface area contributed by atoms with Crippen LogP contribution >= 0.6 is 11.3 Å². The van der Waals surface area contributed by atoms with Gasteiger partial charge in [0.25, 0.3) is 0 Å². The van der Waals surface area contributed by atoms with Crippen LogP contribution in [0.3, 0.4) is 0 Å². The quantitative estimate of drug-likeness (QED) is 0.227. The van der Waals surface area contributed by atoms with Gasteiger partial charge < -0.3 is 4.57 Å². The van der Waals surface area contributed by atoms with Crippen LogP contribution in [0.2, 0.25) is 0 Å². The molecule has 0 unspecified atom stereocenters. The van der Waals surface area contributed by atoms with Crippen molar-refractivity contribution < 1.29 is 0 Å². The largest absolute Gasteiger partial charge is 0.309 e. The predicted molar refractivity (Wildman–Crippen MR) is 165 cm³/mol. The maximum atomic E-state index is 2.38. The summed E-state index contributed by atoms with van der Waals surface area (Å²) in [4.78, 5) is 0. The molecule has 2 heterocycles. The molecule has 0 bridgehead atoms. The zero-order valence-electron chi connectivity index (χ0n) is 20.6. The summed E-state index contributed by atoms with van der Waals surface area (Å²) in [5, 5.41) is 5.26. The number of thiophene rings is 1. The molecular weight excluding hydrogens is 478 g/mol. The van der Waals surface area contributed by atoms with Gasteiger partial charge in [-0.3, -0.25) is 0 Å². The van der Waals surface area contributed by atoms with Gasteiger partial charge in [0.15, 0.2) is 0 Å². The number of benzene rings is 6. The van der Waals surface area contributed by atoms with Crippen molar-refractivity contribution in [2.75, 3.05) is 0 Å². The van der Waals surface area contributed by atoms with Crippen molar-refractivity contribution in [2.45, 2.75) is 0 Å². The van der Waals surface area contributed by atoms with Crippen LogP contribution in [-0.2, 0) is 0 Å². The molecular formula is C36H23NS. The molecule has 0 amide bonds. The monoisotopic (exact) mass is 501 g/mol. The summed E-state index contributed by atoms with van der Waals surface area (Å²) in [7, 11) is 0. The van der Waals surface area contributed by atoms with Gasteiger partial charge in [0, 0.05) is 36.6 Å². The maximum Gasteiger partial charge on any atom is 0.0547 e. The van der Waals surface area contributed by atoms with E-state index in [0.717, 1.165) is 0 Å². The van der Waals surface area contributed by atoms with E-state index in [0.29, 0.717) is 0 Å². The highest BCUT2D eigenvalue weighted by Gasteiger charge is 2.16. The van der Waals surface area contributed by atoms with Crippen molar-refractivity contribution in [3.63, 3.8) is 0 Å². The second kappa shape index (κ2) is 8.44. The van der Waals surface area contributed by atoms with Crippen LogP contribution in [-0.4, -0.2) is 4.57 Å². The Hall–Kier alpha value is -4.66. The van der Waals surface area contributed by atoms with E-state index in [1.807, 2.05) is 11.3 Å². The fourth-order valence-electron chi connectivity index (χ4n) is 5.86. The third kappa shape index (κ3) is 3.24. The van der Waals surface area contributed by atoms with E-state index < -0.39 is 0 Å². The Kier molecular flexibility index (Phi) is 4.76. The molecule has 0 aliphatic carbocycles. The predicted octanol–water partition coefficient (Wildman–Crippen LogP) is 10.5. The lowest BCUT2D eigenvalue weighted by Crippen LogP contribution is -1.92. The summed E-state index contributed by atoms with van der Waals surface area (Å²) in [5.74, 6) is 0. The molecule has 2 aromatic heterocycles. The van der Waals surface area contributed by atoms with Crippen molar-refractivity contribution in [3.8, 4) is 27.9 Å². The van der Waals surface area contributed by atoms with Crippen molar-refractivity contribution in [3.05, 3.63) is 140 Å². The number of rotatable bonds is 3. The highest BCUT2D eigenvalue weighted by Crippen LogP contribution is 2.40. The van der Waals surface area contributed by atoms with Crippen LogP contribution in [0, 0.1) is 0 Å². The minimum absolute atomic E-state index is 1.18. The number of aromatic nitrogens is 1. The van der Waals surface area contributed by atoms with Crippen molar-refractivity contribution in [2.24, 2.45) is 0 Å². The highest BCUT2D eigenvalue weighted by atomic mass is 32.1. The molecule has 0 spiro atoms. The normalized spacial score (nSPS) is 11.7. The summed E-state index contributed by atoms with van der Waals surface area (Å²) < 4.78 is 5.06. The van der Waals surface area contributed by atoms with Crippen LogP contribution < -0.4 is 0 Å². The Balaban J connectivity index is 1.26. The first-order valence-corrected chi connectivity index (χ1v) is 13.8. The third-order valence-electron chi connectivity index (χ3n) is 7.62. The second-order valence-electron chi connectivity index (χ2n) is 9.77. The molecule has 0 radical (unpaired) electrons. The summed E-state index contributed by atoms with van der Waals surface area (Å²) in [6.45, 7) is 0. The molecule has 0 saturated carbocycles. The second-order valence-corrected chi connectivity index (χ2v) is 10.9. The first-order valence-electron chi connectivity index (χ1n) is 12.9. The van der Waals surface area contributed by atoms with Gasteiger partial charge in [-0.05, 0) is 58.7 Å². The molecule has 0 saturated heterocycles. The topological polar surface area (TPSA) is 4.93 Å². The molecule has 38 heavy (non-hydrogen) atoms. The maximum absolute atomic E-state index is 2.38. The lowest BCUT2D eigenvalue weighted by Gasteiger charge is -2.09. The lowest BCUT2D eigenvalue weighted by atomic mass is 9.96. The fraction of sp³-hybridized carbons (Fsp3) is 0. The van der Waals surface area contributed by atoms with Crippen LogP contribution in [0.15, 0.2) is 140 Å². The van der Waals surface area contributed by atoms with Gasteiger partial charge in [-0.1, -0.05) is 103 Å². The smallest absolute Gasteiger partial charge is 0.0547 e. The number of hydrogen-bond acceptors (Lipinski definition) is 1. The average molecular weight is 502 g/mol. The van der Waals surface area contributed by atoms with Gasteiger partial charge in [-0.25, -0.2) is 0 Å². The summed E-state index contributed by atoms with van der Waals surface area (Å²) >= 11 is 1.87. The fourth-order valence-corrected chi connectivity index (χ4v) is 7.01. The molecule has 2 heteroatoms. The summed E-state index contributed by atoms with van der Waals surface area (Å²) in [6.07, 6.45) is 0. The van der Waals surface area contributed by atoms with Gasteiger partial charge in [0.2, 0.25) is 0 Å². The Morgan fingerprint density at radius 1 is 0.421 bits per heavy atom. The number of nitrogens with zero attached hydrogens (tertiary/aromatic N) is 1. The van der Waals surface area contributed by atoms with E-state index in [-0.39, 0.29) is 0 Å². The number of para-hydroxylation sites is 2. The van der Waals surface area contributed by atoms with E-state index in [1.54, 1.807) is 0 Å². The molecule has 0 fully saturated rings. The van der Waals surface area contributed by atoms with E-state index in [2.05, 4.69) is 144 Å². The molecule has 0 atom stereocenters. The van der Waals surface area contributed by atoms with Crippen LogP contribution in [0.5, 0.6) is 0 Å². The molecule has 0 N–H and O–H groups in total. The van der Waals surface area contributed by atoms with Crippen molar-refractivity contribution in [1.29, 1.82) is 0 Å². The average Bonchev–Trinajstić information content (AvgIpc) is 3.53. The molecule has 6 aromatic carbocycles. The van der Waals surface area contributed by atoms with Crippen LogP contribution in [0.4, 0.5) is 0 Å². The zero-order valence-corrected chi connectivity index (χ0v) is 21.5. The van der Waals surface area contributed by atoms with E-state index >= 15 is 0 Å². The first kappa shape index (κ1) is 21.4. The van der Waals surface area contributed by atoms with Gasteiger partial charge in [-0.2, -0.15) is 0 Å². The lowest BCUT2D eigenvalue weighted by molar-refractivity contribution is 1.18. The Morgan fingerprint density at radius 2 is 1.08 bits per heavy atom. The summed E-state index contributed by atoms with van der Waals surface area (Å²) in [6, 6.07) is 50.7. The zero-order chi connectivity index (χ0) is 25.1. The van der Waals surface area contributed by atoms with Crippen LogP contribution in [0.1, 0.15) is 0 Å². The Morgan fingerprint density at radius 3 is 1.95 bits per heavy atom. The Bertz CT molecular complexity index is 2110. The molecule has 8 rings (SSSR count). The first-order chi connectivity index (χ1) is 18.8. The molecule has 0 aliphatic heterocycles. The number of hydrogen-bond donors (Lipinski definition) is 0. The Labute approximate surface area is 224 Å². The van der Waals surface area contributed by atoms with Gasteiger partial charge in [0.05, 0.1) is 11.0 Å². The standard InChI is InChI=1S/C36H23NS/c1-2-9-27(10-3-1)37-32-14-6-4-12-31(32)36-28(13-8-15-33(36)37)25-19-17-24(18-20-25)26-21-22-30-29-11-5-7-16-34(29)38-35(30)23-26/h1-23H. The van der Waals surface area contributed by atoms with Gasteiger partial charge in [-0.15, -0.1) is 11.3 Å². The molecule has 178 valence electrons. The van der Waals surface area contributed by atoms with E-state index in [1.165, 1.54) is 69.9 Å². The summed E-state index contributed by atoms with van der Waals surface area (Å²) in [5.41, 5.74) is 8.64. The SMILES string of the molecule is c1ccc(-n2c3ccccc3c3c(-c4ccc(-c5ccc6c(c5)sc5ccccc56)cc4)cccc32)cc1. The van der Waals surface area contributed by atoms with E-state index in [4.69, 9.17) is 0 Å². The third-order valence-corrected chi connectivity index (χ3v) is 8.75. The molecule has 0 aliphatic rings. The van der Waals surface area contributed by atoms with Gasteiger partial charge in [0.1, 0.15) is 0 Å². The molecule has 8 aromatic rings. The minimum Gasteiger partial charge on any atom is -0.309 e. The van der Waals surface area contributed by atoms with Gasteiger partial charge >= 0.3 is 0 Å². The van der Waals surface area contributed by atoms with Crippen LogP contribution in [0.25, 0.3) is 69.9 Å². The van der Waals surface area contributed by atoms with Crippen molar-refractivity contribution in [1.82, 2.24) is 4.57 Å². The van der Waals surface area contributed by atoms with Crippen molar-refractivity contribution >= 4 is 53.3 Å². The highest BCUT2D eigenvalue weighted by molar-refractivity contribution is 7.25. The number of fused-ring (bicyclic) bond motifs is 6. The molecule has 1 nitrogen and oxygen atoms in total.